The molecule has 0 saturated heterocycles. The highest BCUT2D eigenvalue weighted by molar-refractivity contribution is 6.00. The zero-order chi connectivity index (χ0) is 20.2. The van der Waals surface area contributed by atoms with Crippen molar-refractivity contribution in [3.8, 4) is 5.75 Å². The van der Waals surface area contributed by atoms with Crippen LogP contribution >= 0.6 is 0 Å². The molecule has 0 amide bonds. The highest BCUT2D eigenvalue weighted by atomic mass is 16.5. The van der Waals surface area contributed by atoms with Crippen molar-refractivity contribution in [1.82, 2.24) is 0 Å². The van der Waals surface area contributed by atoms with Gasteiger partial charge in [0.25, 0.3) is 0 Å². The van der Waals surface area contributed by atoms with Crippen molar-refractivity contribution >= 4 is 33.8 Å². The zero-order valence-corrected chi connectivity index (χ0v) is 16.1. The highest BCUT2D eigenvalue weighted by Gasteiger charge is 2.19. The number of esters is 1. The Morgan fingerprint density at radius 2 is 1.59 bits per heavy atom. The molecule has 0 aliphatic rings. The largest absolute Gasteiger partial charge is 0.507 e. The molecule has 0 saturated carbocycles. The predicted octanol–water partition coefficient (Wildman–Crippen LogP) is 6.19. The summed E-state index contributed by atoms with van der Waals surface area (Å²) in [5.41, 5.74) is 2.83. The van der Waals surface area contributed by atoms with Gasteiger partial charge in [0.1, 0.15) is 11.3 Å². The summed E-state index contributed by atoms with van der Waals surface area (Å²) in [4.78, 5) is 14.4. The number of carbonyl (C=O) groups is 1. The first kappa shape index (κ1) is 18.6. The third-order valence-corrected chi connectivity index (χ3v) is 4.76. The van der Waals surface area contributed by atoms with Crippen molar-refractivity contribution in [1.29, 1.82) is 0 Å². The predicted molar refractivity (Wildman–Crippen MR) is 116 cm³/mol. The van der Waals surface area contributed by atoms with E-state index in [1.54, 1.807) is 19.1 Å². The minimum absolute atomic E-state index is 0.0990. The van der Waals surface area contributed by atoms with Gasteiger partial charge in [-0.05, 0) is 48.7 Å². The van der Waals surface area contributed by atoms with E-state index in [0.29, 0.717) is 0 Å². The molecule has 4 aromatic rings. The number of anilines is 3. The normalized spacial score (nSPS) is 10.7. The quantitative estimate of drug-likeness (QED) is 0.417. The van der Waals surface area contributed by atoms with Gasteiger partial charge in [-0.2, -0.15) is 0 Å². The minimum Gasteiger partial charge on any atom is -0.507 e. The van der Waals surface area contributed by atoms with Crippen LogP contribution in [0.4, 0.5) is 17.1 Å². The topological polar surface area (TPSA) is 49.8 Å². The van der Waals surface area contributed by atoms with Crippen LogP contribution in [0, 0.1) is 0 Å². The van der Waals surface area contributed by atoms with Crippen LogP contribution in [-0.2, 0) is 4.74 Å². The van der Waals surface area contributed by atoms with Crippen molar-refractivity contribution in [3.05, 3.63) is 96.6 Å². The second-order valence-electron chi connectivity index (χ2n) is 6.59. The molecule has 0 fully saturated rings. The summed E-state index contributed by atoms with van der Waals surface area (Å²) in [7, 11) is 0. The van der Waals surface area contributed by atoms with E-state index in [-0.39, 0.29) is 17.9 Å². The average Bonchev–Trinajstić information content (AvgIpc) is 2.76. The van der Waals surface area contributed by atoms with E-state index in [1.165, 1.54) is 6.07 Å². The molecule has 0 heterocycles. The number of carbonyl (C=O) groups excluding carboxylic acids is 1. The van der Waals surface area contributed by atoms with E-state index in [1.807, 2.05) is 54.6 Å². The third kappa shape index (κ3) is 3.65. The average molecular weight is 383 g/mol. The fourth-order valence-electron chi connectivity index (χ4n) is 3.44. The second kappa shape index (κ2) is 8.07. The van der Waals surface area contributed by atoms with Gasteiger partial charge in [0, 0.05) is 16.8 Å². The van der Waals surface area contributed by atoms with Gasteiger partial charge in [-0.1, -0.05) is 54.6 Å². The molecule has 4 aromatic carbocycles. The van der Waals surface area contributed by atoms with Crippen LogP contribution in [0.3, 0.4) is 0 Å². The molecule has 1 N–H and O–H groups in total. The van der Waals surface area contributed by atoms with Crippen molar-refractivity contribution in [2.45, 2.75) is 6.92 Å². The third-order valence-electron chi connectivity index (χ3n) is 4.76. The molecule has 144 valence electrons. The zero-order valence-electron chi connectivity index (χ0n) is 16.1. The fourth-order valence-corrected chi connectivity index (χ4v) is 3.44. The van der Waals surface area contributed by atoms with E-state index >= 15 is 0 Å². The molecular formula is C25H21NO3. The van der Waals surface area contributed by atoms with Crippen molar-refractivity contribution in [2.75, 3.05) is 11.5 Å². The Balaban J connectivity index is 1.93. The summed E-state index contributed by atoms with van der Waals surface area (Å²) in [5.74, 6) is -0.643. The summed E-state index contributed by atoms with van der Waals surface area (Å²) >= 11 is 0. The number of rotatable bonds is 5. The van der Waals surface area contributed by atoms with Crippen LogP contribution in [0.25, 0.3) is 10.8 Å². The lowest BCUT2D eigenvalue weighted by Gasteiger charge is -2.27. The Kier molecular flexibility index (Phi) is 5.16. The van der Waals surface area contributed by atoms with Gasteiger partial charge in [-0.15, -0.1) is 0 Å². The Morgan fingerprint density at radius 1 is 0.862 bits per heavy atom. The van der Waals surface area contributed by atoms with Crippen LogP contribution in [0.1, 0.15) is 17.3 Å². The molecule has 0 spiro atoms. The fraction of sp³-hybridized carbons (Fsp3) is 0.0800. The molecule has 0 bridgehead atoms. The number of para-hydroxylation sites is 1. The lowest BCUT2D eigenvalue weighted by Crippen LogP contribution is -2.12. The van der Waals surface area contributed by atoms with Gasteiger partial charge in [0.2, 0.25) is 0 Å². The van der Waals surface area contributed by atoms with Gasteiger partial charge in [-0.3, -0.25) is 0 Å². The van der Waals surface area contributed by atoms with Gasteiger partial charge in [0.05, 0.1) is 12.3 Å². The highest BCUT2D eigenvalue weighted by Crippen LogP contribution is 2.39. The monoisotopic (exact) mass is 383 g/mol. The molecule has 4 heteroatoms. The number of hydrogen-bond acceptors (Lipinski definition) is 4. The molecule has 0 aromatic heterocycles. The van der Waals surface area contributed by atoms with Crippen LogP contribution in [0.2, 0.25) is 0 Å². The number of phenolic OH excluding ortho intramolecular Hbond substituents is 1. The maximum atomic E-state index is 12.3. The van der Waals surface area contributed by atoms with Crippen molar-refractivity contribution < 1.29 is 14.6 Å². The lowest BCUT2D eigenvalue weighted by molar-refractivity contribution is 0.0523. The number of hydrogen-bond donors (Lipinski definition) is 1. The maximum absolute atomic E-state index is 12.3. The maximum Gasteiger partial charge on any atom is 0.341 e. The minimum atomic E-state index is -0.544. The van der Waals surface area contributed by atoms with Crippen LogP contribution in [-0.4, -0.2) is 17.7 Å². The SMILES string of the molecule is CCOC(=O)c1cc(N(c2ccccc2)c2cccc3ccccc23)ccc1O. The summed E-state index contributed by atoms with van der Waals surface area (Å²) in [6.07, 6.45) is 0. The van der Waals surface area contributed by atoms with Gasteiger partial charge < -0.3 is 14.7 Å². The van der Waals surface area contributed by atoms with E-state index < -0.39 is 5.97 Å². The van der Waals surface area contributed by atoms with E-state index in [2.05, 4.69) is 23.1 Å². The van der Waals surface area contributed by atoms with E-state index in [0.717, 1.165) is 27.8 Å². The van der Waals surface area contributed by atoms with Crippen LogP contribution in [0.5, 0.6) is 5.75 Å². The van der Waals surface area contributed by atoms with Crippen molar-refractivity contribution in [3.63, 3.8) is 0 Å². The molecule has 4 rings (SSSR count). The first-order chi connectivity index (χ1) is 14.2. The number of ether oxygens (including phenoxy) is 1. The van der Waals surface area contributed by atoms with Gasteiger partial charge in [-0.25, -0.2) is 4.79 Å². The van der Waals surface area contributed by atoms with E-state index in [9.17, 15) is 9.90 Å². The van der Waals surface area contributed by atoms with E-state index in [4.69, 9.17) is 4.74 Å². The molecular weight excluding hydrogens is 362 g/mol. The second-order valence-corrected chi connectivity index (χ2v) is 6.59. The number of aromatic hydroxyl groups is 1. The molecule has 29 heavy (non-hydrogen) atoms. The summed E-state index contributed by atoms with van der Waals surface area (Å²) in [6, 6.07) is 29.2. The summed E-state index contributed by atoms with van der Waals surface area (Å²) in [5, 5.41) is 12.4. The molecule has 0 radical (unpaired) electrons. The number of fused-ring (bicyclic) bond motifs is 1. The molecule has 0 unspecified atom stereocenters. The number of nitrogens with zero attached hydrogens (tertiary/aromatic N) is 1. The lowest BCUT2D eigenvalue weighted by atomic mass is 10.1. The van der Waals surface area contributed by atoms with Crippen LogP contribution in [0.15, 0.2) is 91.0 Å². The van der Waals surface area contributed by atoms with Gasteiger partial charge in [0.15, 0.2) is 0 Å². The summed E-state index contributed by atoms with van der Waals surface area (Å²) in [6.45, 7) is 1.99. The first-order valence-corrected chi connectivity index (χ1v) is 9.52. The number of benzene rings is 4. The Hall–Kier alpha value is -3.79. The summed E-state index contributed by atoms with van der Waals surface area (Å²) < 4.78 is 5.11. The molecule has 4 nitrogen and oxygen atoms in total. The molecule has 0 atom stereocenters. The first-order valence-electron chi connectivity index (χ1n) is 9.52. The van der Waals surface area contributed by atoms with Crippen LogP contribution < -0.4 is 4.90 Å². The van der Waals surface area contributed by atoms with Crippen molar-refractivity contribution in [2.24, 2.45) is 0 Å². The molecule has 0 aliphatic carbocycles. The van der Waals surface area contributed by atoms with Gasteiger partial charge >= 0.3 is 5.97 Å². The molecule has 0 aliphatic heterocycles. The Morgan fingerprint density at radius 3 is 2.38 bits per heavy atom. The standard InChI is InChI=1S/C25H21NO3/c1-2-29-25(28)22-17-20(15-16-24(22)27)26(19-11-4-3-5-12-19)23-14-8-10-18-9-6-7-13-21(18)23/h3-17,27H,2H2,1H3. The smallest absolute Gasteiger partial charge is 0.341 e. The Labute approximate surface area is 169 Å². The Bertz CT molecular complexity index is 1150. The number of phenols is 1.